The molecule has 0 spiro atoms. The van der Waals surface area contributed by atoms with Gasteiger partial charge in [0.2, 0.25) is 0 Å². The Morgan fingerprint density at radius 1 is 1.40 bits per heavy atom. The summed E-state index contributed by atoms with van der Waals surface area (Å²) < 4.78 is 5.72. The Labute approximate surface area is 131 Å². The van der Waals surface area contributed by atoms with Crippen LogP contribution in [-0.2, 0) is 0 Å². The molecule has 0 aliphatic heterocycles. The Hall–Kier alpha value is -1.55. The Bertz CT molecular complexity index is 830. The molecule has 102 valence electrons. The Kier molecular flexibility index (Phi) is 3.66. The van der Waals surface area contributed by atoms with Crippen molar-refractivity contribution in [2.45, 2.75) is 10.2 Å². The molecule has 2 heterocycles. The molecule has 0 saturated heterocycles. The number of H-pyrrole nitrogens is 2. The number of aromatic nitrogens is 4. The molecule has 0 aliphatic carbocycles. The molecule has 0 unspecified atom stereocenters. The minimum absolute atomic E-state index is 0.152. The van der Waals surface area contributed by atoms with Gasteiger partial charge in [0.05, 0.1) is 24.5 Å². The summed E-state index contributed by atoms with van der Waals surface area (Å²) in [6.07, 6.45) is 1.39. The molecular weight excluding hydrogens is 391 g/mol. The zero-order chi connectivity index (χ0) is 14.1. The monoisotopic (exact) mass is 400 g/mol. The van der Waals surface area contributed by atoms with E-state index in [0.29, 0.717) is 13.8 Å². The minimum atomic E-state index is -0.152. The third-order valence-corrected chi connectivity index (χ3v) is 4.88. The van der Waals surface area contributed by atoms with Crippen LogP contribution in [0.15, 0.2) is 39.5 Å². The van der Waals surface area contributed by atoms with Crippen molar-refractivity contribution in [2.75, 3.05) is 7.11 Å². The third kappa shape index (κ3) is 2.52. The van der Waals surface area contributed by atoms with Crippen LogP contribution in [0.2, 0.25) is 0 Å². The van der Waals surface area contributed by atoms with E-state index >= 15 is 0 Å². The van der Waals surface area contributed by atoms with Crippen LogP contribution < -0.4 is 10.3 Å². The number of nitrogens with one attached hydrogen (secondary N) is 2. The van der Waals surface area contributed by atoms with E-state index in [1.165, 1.54) is 18.1 Å². The molecule has 0 saturated carbocycles. The first-order valence-electron chi connectivity index (χ1n) is 5.62. The third-order valence-electron chi connectivity index (χ3n) is 2.63. The van der Waals surface area contributed by atoms with Gasteiger partial charge in [0.15, 0.2) is 5.16 Å². The fourth-order valence-corrected chi connectivity index (χ4v) is 3.07. The van der Waals surface area contributed by atoms with Gasteiger partial charge in [-0.05, 0) is 46.5 Å². The maximum atomic E-state index is 11.5. The highest BCUT2D eigenvalue weighted by molar-refractivity contribution is 14.1. The zero-order valence-corrected chi connectivity index (χ0v) is 13.3. The minimum Gasteiger partial charge on any atom is -0.497 e. The number of rotatable bonds is 3. The molecule has 2 N–H and O–H groups in total. The van der Waals surface area contributed by atoms with Gasteiger partial charge >= 0.3 is 0 Å². The van der Waals surface area contributed by atoms with Crippen LogP contribution in [0.3, 0.4) is 0 Å². The average molecular weight is 400 g/mol. The van der Waals surface area contributed by atoms with Gasteiger partial charge in [0.25, 0.3) is 5.56 Å². The fraction of sp³-hybridized carbons (Fsp3) is 0.0833. The molecule has 3 rings (SSSR count). The number of benzene rings is 1. The van der Waals surface area contributed by atoms with Gasteiger partial charge in [0.1, 0.15) is 14.3 Å². The second-order valence-corrected chi connectivity index (χ2v) is 5.93. The predicted molar refractivity (Wildman–Crippen MR) is 84.3 cm³/mol. The average Bonchev–Trinajstić information content (AvgIpc) is 2.85. The van der Waals surface area contributed by atoms with Crippen molar-refractivity contribution in [3.8, 4) is 5.75 Å². The van der Waals surface area contributed by atoms with Crippen LogP contribution in [-0.4, -0.2) is 27.0 Å². The van der Waals surface area contributed by atoms with Crippen molar-refractivity contribution in [3.63, 3.8) is 0 Å². The maximum Gasteiger partial charge on any atom is 0.265 e. The molecular formula is C12H9IN4O2S. The summed E-state index contributed by atoms with van der Waals surface area (Å²) in [5, 5.41) is 1.31. The number of aromatic amines is 2. The van der Waals surface area contributed by atoms with Crippen LogP contribution in [0.4, 0.5) is 0 Å². The van der Waals surface area contributed by atoms with Gasteiger partial charge in [-0.15, -0.1) is 0 Å². The molecule has 2 aromatic heterocycles. The van der Waals surface area contributed by atoms with E-state index in [1.807, 2.05) is 40.8 Å². The Balaban J connectivity index is 1.98. The van der Waals surface area contributed by atoms with Crippen molar-refractivity contribution in [1.82, 2.24) is 19.9 Å². The quantitative estimate of drug-likeness (QED) is 0.521. The summed E-state index contributed by atoms with van der Waals surface area (Å²) in [4.78, 5) is 25.8. The van der Waals surface area contributed by atoms with Crippen LogP contribution in [0, 0.1) is 3.57 Å². The van der Waals surface area contributed by atoms with Crippen molar-refractivity contribution in [1.29, 1.82) is 0 Å². The Morgan fingerprint density at radius 3 is 3.05 bits per heavy atom. The molecule has 3 aromatic rings. The van der Waals surface area contributed by atoms with Crippen molar-refractivity contribution in [2.24, 2.45) is 0 Å². The lowest BCUT2D eigenvalue weighted by atomic mass is 10.3. The highest BCUT2D eigenvalue weighted by Crippen LogP contribution is 2.28. The summed E-state index contributed by atoms with van der Waals surface area (Å²) in [7, 11) is 1.62. The normalized spacial score (nSPS) is 10.9. The number of imidazole rings is 1. The number of halogens is 1. The van der Waals surface area contributed by atoms with Crippen molar-refractivity contribution in [3.05, 3.63) is 38.5 Å². The van der Waals surface area contributed by atoms with Crippen molar-refractivity contribution < 1.29 is 4.74 Å². The number of ether oxygens (including phenoxy) is 1. The first kappa shape index (κ1) is 13.4. The molecule has 0 radical (unpaired) electrons. The molecule has 0 bridgehead atoms. The van der Waals surface area contributed by atoms with Gasteiger partial charge in [0, 0.05) is 6.07 Å². The first-order valence-corrected chi connectivity index (χ1v) is 7.51. The molecule has 1 aromatic carbocycles. The summed E-state index contributed by atoms with van der Waals surface area (Å²) in [5.74, 6) is 0.765. The van der Waals surface area contributed by atoms with Gasteiger partial charge in [-0.1, -0.05) is 0 Å². The van der Waals surface area contributed by atoms with E-state index in [4.69, 9.17) is 4.74 Å². The summed E-state index contributed by atoms with van der Waals surface area (Å²) >= 11 is 3.29. The highest BCUT2D eigenvalue weighted by atomic mass is 127. The fourth-order valence-electron chi connectivity index (χ4n) is 1.67. The Morgan fingerprint density at radius 2 is 2.25 bits per heavy atom. The molecule has 0 atom stereocenters. The topological polar surface area (TPSA) is 83.7 Å². The van der Waals surface area contributed by atoms with E-state index in [2.05, 4.69) is 19.9 Å². The lowest BCUT2D eigenvalue weighted by Gasteiger charge is -1.98. The van der Waals surface area contributed by atoms with Crippen LogP contribution >= 0.6 is 34.4 Å². The number of hydrogen-bond acceptors (Lipinski definition) is 5. The van der Waals surface area contributed by atoms with Crippen LogP contribution in [0.1, 0.15) is 0 Å². The van der Waals surface area contributed by atoms with Crippen molar-refractivity contribution >= 4 is 45.4 Å². The number of hydrogen-bond donors (Lipinski definition) is 2. The van der Waals surface area contributed by atoms with Gasteiger partial charge < -0.3 is 14.7 Å². The van der Waals surface area contributed by atoms with Gasteiger partial charge in [-0.25, -0.2) is 9.97 Å². The van der Waals surface area contributed by atoms with Gasteiger partial charge in [-0.3, -0.25) is 4.79 Å². The summed E-state index contributed by atoms with van der Waals surface area (Å²) in [6, 6.07) is 5.61. The molecule has 0 aliphatic rings. The molecule has 0 amide bonds. The number of methoxy groups -OCH3 is 1. The zero-order valence-electron chi connectivity index (χ0n) is 10.3. The highest BCUT2D eigenvalue weighted by Gasteiger charge is 2.11. The van der Waals surface area contributed by atoms with Crippen LogP contribution in [0.5, 0.6) is 5.75 Å². The molecule has 20 heavy (non-hydrogen) atoms. The van der Waals surface area contributed by atoms with E-state index in [-0.39, 0.29) is 5.56 Å². The SMILES string of the molecule is COc1ccc2nc(Sc3nc[nH]c(=O)c3I)[nH]c2c1. The predicted octanol–water partition coefficient (Wildman–Crippen LogP) is 2.41. The lowest BCUT2D eigenvalue weighted by Crippen LogP contribution is -2.11. The molecule has 6 nitrogen and oxygen atoms in total. The molecule has 0 fully saturated rings. The van der Waals surface area contributed by atoms with Gasteiger partial charge in [-0.2, -0.15) is 0 Å². The maximum absolute atomic E-state index is 11.5. The van der Waals surface area contributed by atoms with E-state index in [1.54, 1.807) is 7.11 Å². The molecule has 8 heteroatoms. The number of fused-ring (bicyclic) bond motifs is 1. The van der Waals surface area contributed by atoms with E-state index in [0.717, 1.165) is 16.8 Å². The summed E-state index contributed by atoms with van der Waals surface area (Å²) in [5.41, 5.74) is 1.57. The first-order chi connectivity index (χ1) is 9.67. The van der Waals surface area contributed by atoms with Crippen LogP contribution in [0.25, 0.3) is 11.0 Å². The smallest absolute Gasteiger partial charge is 0.265 e. The van der Waals surface area contributed by atoms with E-state index < -0.39 is 0 Å². The second-order valence-electron chi connectivity index (χ2n) is 3.88. The largest absolute Gasteiger partial charge is 0.497 e. The standard InChI is InChI=1S/C12H9IN4O2S/c1-19-6-2-3-7-8(4-6)17-12(16-7)20-11-9(13)10(18)14-5-15-11/h2-5H,1H3,(H,16,17)(H,14,15,18). The number of nitrogens with zero attached hydrogens (tertiary/aromatic N) is 2. The van der Waals surface area contributed by atoms with E-state index in [9.17, 15) is 4.79 Å². The second kappa shape index (κ2) is 5.44. The lowest BCUT2D eigenvalue weighted by molar-refractivity contribution is 0.415. The summed E-state index contributed by atoms with van der Waals surface area (Å²) in [6.45, 7) is 0.